The van der Waals surface area contributed by atoms with E-state index in [0.717, 1.165) is 34.9 Å². The largest absolute Gasteiger partial charge is 0.490 e. The molecule has 2 aliphatic heterocycles. The summed E-state index contributed by atoms with van der Waals surface area (Å²) >= 11 is 0. The van der Waals surface area contributed by atoms with Crippen molar-refractivity contribution in [2.75, 3.05) is 39.5 Å². The summed E-state index contributed by atoms with van der Waals surface area (Å²) in [6, 6.07) is 13.6. The van der Waals surface area contributed by atoms with Crippen LogP contribution in [0.4, 0.5) is 5.69 Å². The molecular weight excluding hydrogens is 476 g/mol. The molecule has 0 atom stereocenters. The van der Waals surface area contributed by atoms with Gasteiger partial charge in [0.2, 0.25) is 0 Å². The molecule has 2 heterocycles. The average Bonchev–Trinajstić information content (AvgIpc) is 2.90. The molecule has 1 fully saturated rings. The van der Waals surface area contributed by atoms with Crippen molar-refractivity contribution in [2.24, 2.45) is 0 Å². The number of morpholine rings is 1. The van der Waals surface area contributed by atoms with E-state index in [1.54, 1.807) is 12.1 Å². The predicted octanol–water partition coefficient (Wildman–Crippen LogP) is 4.78. The van der Waals surface area contributed by atoms with Gasteiger partial charge in [0.25, 0.3) is 11.6 Å². The highest BCUT2D eigenvalue weighted by molar-refractivity contribution is 6.05. The minimum absolute atomic E-state index is 0.00974. The molecule has 3 aromatic rings. The summed E-state index contributed by atoms with van der Waals surface area (Å²) in [7, 11) is 0. The van der Waals surface area contributed by atoms with Crippen molar-refractivity contribution in [1.29, 1.82) is 0 Å². The molecule has 2 aliphatic rings. The Kier molecular flexibility index (Phi) is 6.88. The molecule has 194 valence electrons. The standard InChI is InChI=1S/C28H30N2O7/c1-28(2)11-10-22-24(27(31)29-12-14-34-15-13-29)18-23-21(26(22)37-28)4-3-5-25(23)36-17-16-35-20-8-6-19(7-9-20)30(32)33/h3-9,18H,10-17H2,1-2H3. The second-order valence-corrected chi connectivity index (χ2v) is 9.80. The van der Waals surface area contributed by atoms with E-state index in [1.807, 2.05) is 29.2 Å². The Morgan fingerprint density at radius 1 is 1.05 bits per heavy atom. The fraction of sp³-hybridized carbons (Fsp3) is 0.393. The van der Waals surface area contributed by atoms with Crippen molar-refractivity contribution in [3.05, 3.63) is 69.8 Å². The normalized spacial score (nSPS) is 16.5. The molecular formula is C28H30N2O7. The summed E-state index contributed by atoms with van der Waals surface area (Å²) in [6.07, 6.45) is 1.59. The van der Waals surface area contributed by atoms with Crippen LogP contribution < -0.4 is 14.2 Å². The van der Waals surface area contributed by atoms with Gasteiger partial charge in [-0.25, -0.2) is 0 Å². The number of nitrogens with zero attached hydrogens (tertiary/aromatic N) is 2. The molecule has 0 spiro atoms. The first kappa shape index (κ1) is 24.8. The number of nitro groups is 1. The first-order valence-electron chi connectivity index (χ1n) is 12.5. The summed E-state index contributed by atoms with van der Waals surface area (Å²) in [5.41, 5.74) is 1.27. The van der Waals surface area contributed by atoms with Gasteiger partial charge in [0.15, 0.2) is 0 Å². The van der Waals surface area contributed by atoms with E-state index < -0.39 is 4.92 Å². The van der Waals surface area contributed by atoms with Gasteiger partial charge in [0, 0.05) is 47.1 Å². The zero-order valence-corrected chi connectivity index (χ0v) is 21.0. The van der Waals surface area contributed by atoms with E-state index >= 15 is 0 Å². The van der Waals surface area contributed by atoms with Gasteiger partial charge in [-0.2, -0.15) is 0 Å². The summed E-state index contributed by atoms with van der Waals surface area (Å²) in [5, 5.41) is 12.5. The Bertz CT molecular complexity index is 1310. The van der Waals surface area contributed by atoms with Gasteiger partial charge in [0.1, 0.15) is 36.1 Å². The minimum Gasteiger partial charge on any atom is -0.490 e. The number of carbonyl (C=O) groups is 1. The van der Waals surface area contributed by atoms with Gasteiger partial charge in [-0.1, -0.05) is 12.1 Å². The fourth-order valence-corrected chi connectivity index (χ4v) is 4.75. The Balaban J connectivity index is 1.40. The maximum atomic E-state index is 13.6. The summed E-state index contributed by atoms with van der Waals surface area (Å²) in [6.45, 7) is 6.84. The van der Waals surface area contributed by atoms with Crippen molar-refractivity contribution in [3.8, 4) is 17.2 Å². The predicted molar refractivity (Wildman–Crippen MR) is 138 cm³/mol. The van der Waals surface area contributed by atoms with E-state index in [2.05, 4.69) is 13.8 Å². The number of carbonyl (C=O) groups excluding carboxylic acids is 1. The van der Waals surface area contributed by atoms with Gasteiger partial charge in [-0.05, 0) is 51.0 Å². The first-order chi connectivity index (χ1) is 17.8. The third kappa shape index (κ3) is 5.32. The number of nitro benzene ring substituents is 1. The topological polar surface area (TPSA) is 100 Å². The Hall–Kier alpha value is -3.85. The molecule has 9 heteroatoms. The Morgan fingerprint density at radius 2 is 1.78 bits per heavy atom. The van der Waals surface area contributed by atoms with Crippen LogP contribution in [0.5, 0.6) is 17.2 Å². The van der Waals surface area contributed by atoms with E-state index in [4.69, 9.17) is 18.9 Å². The van der Waals surface area contributed by atoms with Crippen LogP contribution in [0.1, 0.15) is 36.2 Å². The maximum Gasteiger partial charge on any atom is 0.269 e. The van der Waals surface area contributed by atoms with Gasteiger partial charge < -0.3 is 23.8 Å². The number of ether oxygens (including phenoxy) is 4. The van der Waals surface area contributed by atoms with Gasteiger partial charge in [-0.3, -0.25) is 14.9 Å². The lowest BCUT2D eigenvalue weighted by atomic mass is 9.88. The second kappa shape index (κ2) is 10.3. The van der Waals surface area contributed by atoms with E-state index in [0.29, 0.717) is 43.4 Å². The van der Waals surface area contributed by atoms with Crippen molar-refractivity contribution in [1.82, 2.24) is 4.90 Å². The van der Waals surface area contributed by atoms with Crippen molar-refractivity contribution in [3.63, 3.8) is 0 Å². The first-order valence-corrected chi connectivity index (χ1v) is 12.5. The molecule has 3 aromatic carbocycles. The SMILES string of the molecule is CC1(C)CCc2c(C(=O)N3CCOCC3)cc3c(OCCOc4ccc([N+](=O)[O-])cc4)cccc3c2O1. The van der Waals surface area contributed by atoms with Crippen molar-refractivity contribution < 1.29 is 28.7 Å². The second-order valence-electron chi connectivity index (χ2n) is 9.80. The number of hydrogen-bond donors (Lipinski definition) is 0. The number of non-ortho nitro benzene ring substituents is 1. The maximum absolute atomic E-state index is 13.6. The molecule has 0 N–H and O–H groups in total. The minimum atomic E-state index is -0.449. The molecule has 0 saturated carbocycles. The molecule has 0 unspecified atom stereocenters. The van der Waals surface area contributed by atoms with Crippen LogP contribution in [0, 0.1) is 10.1 Å². The fourth-order valence-electron chi connectivity index (χ4n) is 4.75. The van der Waals surface area contributed by atoms with Crippen LogP contribution in [-0.2, 0) is 11.2 Å². The van der Waals surface area contributed by atoms with Crippen LogP contribution in [0.25, 0.3) is 10.8 Å². The van der Waals surface area contributed by atoms with E-state index in [1.165, 1.54) is 12.1 Å². The smallest absolute Gasteiger partial charge is 0.269 e. The lowest BCUT2D eigenvalue weighted by Gasteiger charge is -2.35. The molecule has 1 saturated heterocycles. The molecule has 5 rings (SSSR count). The lowest BCUT2D eigenvalue weighted by molar-refractivity contribution is -0.384. The number of amides is 1. The van der Waals surface area contributed by atoms with Crippen LogP contribution in [-0.4, -0.2) is 60.8 Å². The molecule has 37 heavy (non-hydrogen) atoms. The Morgan fingerprint density at radius 3 is 2.51 bits per heavy atom. The molecule has 1 amide bonds. The number of hydrogen-bond acceptors (Lipinski definition) is 7. The molecule has 9 nitrogen and oxygen atoms in total. The summed E-state index contributed by atoms with van der Waals surface area (Å²) < 4.78 is 23.7. The zero-order chi connectivity index (χ0) is 26.0. The van der Waals surface area contributed by atoms with Crippen molar-refractivity contribution >= 4 is 22.4 Å². The zero-order valence-electron chi connectivity index (χ0n) is 21.0. The van der Waals surface area contributed by atoms with Crippen LogP contribution >= 0.6 is 0 Å². The number of fused-ring (bicyclic) bond motifs is 3. The number of benzene rings is 3. The lowest BCUT2D eigenvalue weighted by Crippen LogP contribution is -2.41. The monoisotopic (exact) mass is 506 g/mol. The molecule has 0 aromatic heterocycles. The van der Waals surface area contributed by atoms with Crippen molar-refractivity contribution in [2.45, 2.75) is 32.3 Å². The van der Waals surface area contributed by atoms with Gasteiger partial charge in [0.05, 0.1) is 18.1 Å². The Labute approximate surface area is 215 Å². The average molecular weight is 507 g/mol. The van der Waals surface area contributed by atoms with Gasteiger partial charge in [-0.15, -0.1) is 0 Å². The third-order valence-corrected chi connectivity index (χ3v) is 6.74. The highest BCUT2D eigenvalue weighted by atomic mass is 16.6. The van der Waals surface area contributed by atoms with E-state index in [-0.39, 0.29) is 30.4 Å². The van der Waals surface area contributed by atoms with Crippen LogP contribution in [0.15, 0.2) is 48.5 Å². The summed E-state index contributed by atoms with van der Waals surface area (Å²) in [5.74, 6) is 1.89. The van der Waals surface area contributed by atoms with Gasteiger partial charge >= 0.3 is 0 Å². The summed E-state index contributed by atoms with van der Waals surface area (Å²) in [4.78, 5) is 25.8. The molecule has 0 bridgehead atoms. The molecule has 0 aliphatic carbocycles. The number of rotatable bonds is 7. The van der Waals surface area contributed by atoms with Crippen LogP contribution in [0.2, 0.25) is 0 Å². The molecule has 0 radical (unpaired) electrons. The quantitative estimate of drug-likeness (QED) is 0.258. The van der Waals surface area contributed by atoms with Crippen LogP contribution in [0.3, 0.4) is 0 Å². The highest BCUT2D eigenvalue weighted by Gasteiger charge is 2.33. The highest BCUT2D eigenvalue weighted by Crippen LogP contribution is 2.43. The third-order valence-electron chi connectivity index (χ3n) is 6.74. The van der Waals surface area contributed by atoms with E-state index in [9.17, 15) is 14.9 Å².